The number of aromatic nitrogens is 3. The Morgan fingerprint density at radius 2 is 2.25 bits per heavy atom. The summed E-state index contributed by atoms with van der Waals surface area (Å²) in [6, 6.07) is 4.69. The van der Waals surface area contributed by atoms with Gasteiger partial charge in [0.25, 0.3) is 11.7 Å². The summed E-state index contributed by atoms with van der Waals surface area (Å²) in [5.74, 6) is 0.897. The molecule has 1 N–H and O–H groups in total. The highest BCUT2D eigenvalue weighted by Crippen LogP contribution is 2.27. The summed E-state index contributed by atoms with van der Waals surface area (Å²) in [6.07, 6.45) is 0. The molecule has 0 aliphatic heterocycles. The second-order valence-electron chi connectivity index (χ2n) is 3.98. The molecule has 9 nitrogen and oxygen atoms in total. The molecule has 9 heteroatoms. The maximum Gasteiger partial charge on any atom is 0.298 e. The van der Waals surface area contributed by atoms with Crippen LogP contribution in [0.5, 0.6) is 0 Å². The third-order valence-corrected chi connectivity index (χ3v) is 2.56. The van der Waals surface area contributed by atoms with Gasteiger partial charge in [-0.05, 0) is 6.07 Å². The number of anilines is 1. The Bertz CT molecular complexity index is 778. The lowest BCUT2D eigenvalue weighted by Crippen LogP contribution is -2.01. The summed E-state index contributed by atoms with van der Waals surface area (Å²) in [5, 5.41) is 17.4. The number of para-hydroxylation sites is 1. The summed E-state index contributed by atoms with van der Waals surface area (Å²) in [4.78, 5) is 18.4. The normalized spacial score (nSPS) is 10.8. The van der Waals surface area contributed by atoms with E-state index in [0.717, 1.165) is 0 Å². The number of nitro groups is 1. The first-order valence-corrected chi connectivity index (χ1v) is 5.70. The highest BCUT2D eigenvalue weighted by Gasteiger charge is 2.17. The van der Waals surface area contributed by atoms with Gasteiger partial charge in [0.05, 0.1) is 11.5 Å². The molecule has 0 aliphatic rings. The number of non-ortho nitro benzene ring substituents is 1. The summed E-state index contributed by atoms with van der Waals surface area (Å²) in [5.41, 5.74) is 0.435. The first-order chi connectivity index (χ1) is 9.63. The SMILES string of the molecule is Cc1nc(CNc2nc3c([N+](=O)[O-])cccc3o2)no1. The van der Waals surface area contributed by atoms with Gasteiger partial charge in [0.1, 0.15) is 0 Å². The molecular formula is C11H9N5O4. The van der Waals surface area contributed by atoms with Crippen molar-refractivity contribution >= 4 is 22.8 Å². The molecule has 0 spiro atoms. The summed E-state index contributed by atoms with van der Waals surface area (Å²) in [6.45, 7) is 1.93. The van der Waals surface area contributed by atoms with Crippen LogP contribution in [0.15, 0.2) is 27.1 Å². The molecule has 0 bridgehead atoms. The first kappa shape index (κ1) is 12.1. The summed E-state index contributed by atoms with van der Waals surface area (Å²) in [7, 11) is 0. The van der Waals surface area contributed by atoms with E-state index >= 15 is 0 Å². The number of nitro benzene ring substituents is 1. The molecule has 2 heterocycles. The predicted molar refractivity (Wildman–Crippen MR) is 67.0 cm³/mol. The zero-order valence-corrected chi connectivity index (χ0v) is 10.4. The topological polar surface area (TPSA) is 120 Å². The van der Waals surface area contributed by atoms with Crippen LogP contribution in [0.4, 0.5) is 11.7 Å². The Morgan fingerprint density at radius 1 is 1.40 bits per heavy atom. The quantitative estimate of drug-likeness (QED) is 0.567. The fourth-order valence-corrected chi connectivity index (χ4v) is 1.72. The Kier molecular flexibility index (Phi) is 2.78. The third-order valence-electron chi connectivity index (χ3n) is 2.56. The maximum absolute atomic E-state index is 10.9. The van der Waals surface area contributed by atoms with Gasteiger partial charge in [-0.25, -0.2) is 0 Å². The van der Waals surface area contributed by atoms with Gasteiger partial charge in [-0.15, -0.1) is 0 Å². The minimum atomic E-state index is -0.503. The number of hydrogen-bond acceptors (Lipinski definition) is 8. The van der Waals surface area contributed by atoms with Crippen molar-refractivity contribution in [1.82, 2.24) is 15.1 Å². The van der Waals surface area contributed by atoms with Crippen molar-refractivity contribution in [2.24, 2.45) is 0 Å². The van der Waals surface area contributed by atoms with Crippen molar-refractivity contribution in [2.75, 3.05) is 5.32 Å². The van der Waals surface area contributed by atoms with Gasteiger partial charge in [0, 0.05) is 13.0 Å². The average Bonchev–Trinajstić information content (AvgIpc) is 3.01. The Balaban J connectivity index is 1.86. The number of nitrogens with one attached hydrogen (secondary N) is 1. The standard InChI is InChI=1S/C11H9N5O4/c1-6-13-9(15-20-6)5-12-11-14-10-7(16(17)18)3-2-4-8(10)19-11/h2-4H,5H2,1H3,(H,12,14). The molecule has 0 saturated heterocycles. The largest absolute Gasteiger partial charge is 0.423 e. The van der Waals surface area contributed by atoms with Gasteiger partial charge in [-0.1, -0.05) is 11.2 Å². The summed E-state index contributed by atoms with van der Waals surface area (Å²) < 4.78 is 10.2. The predicted octanol–water partition coefficient (Wildman–Crippen LogP) is 2.04. The number of rotatable bonds is 4. The molecule has 102 valence electrons. The van der Waals surface area contributed by atoms with E-state index in [1.807, 2.05) is 0 Å². The highest BCUT2D eigenvalue weighted by atomic mass is 16.6. The first-order valence-electron chi connectivity index (χ1n) is 5.70. The zero-order chi connectivity index (χ0) is 14.1. The minimum Gasteiger partial charge on any atom is -0.423 e. The average molecular weight is 275 g/mol. The fourth-order valence-electron chi connectivity index (χ4n) is 1.72. The van der Waals surface area contributed by atoms with E-state index in [-0.39, 0.29) is 23.8 Å². The van der Waals surface area contributed by atoms with Crippen molar-refractivity contribution in [1.29, 1.82) is 0 Å². The van der Waals surface area contributed by atoms with E-state index in [1.165, 1.54) is 12.1 Å². The number of nitrogens with zero attached hydrogens (tertiary/aromatic N) is 4. The molecule has 0 aliphatic carbocycles. The van der Waals surface area contributed by atoms with Crippen LogP contribution < -0.4 is 5.32 Å². The van der Waals surface area contributed by atoms with E-state index in [9.17, 15) is 10.1 Å². The number of hydrogen-bond donors (Lipinski definition) is 1. The molecule has 0 amide bonds. The molecule has 0 fully saturated rings. The monoisotopic (exact) mass is 275 g/mol. The van der Waals surface area contributed by atoms with Gasteiger partial charge in [0.15, 0.2) is 16.9 Å². The van der Waals surface area contributed by atoms with Gasteiger partial charge in [0.2, 0.25) is 5.89 Å². The van der Waals surface area contributed by atoms with Crippen LogP contribution in [0.2, 0.25) is 0 Å². The lowest BCUT2D eigenvalue weighted by Gasteiger charge is -1.94. The van der Waals surface area contributed by atoms with Crippen molar-refractivity contribution in [3.05, 3.63) is 40.0 Å². The second kappa shape index (κ2) is 4.61. The van der Waals surface area contributed by atoms with Crippen LogP contribution >= 0.6 is 0 Å². The van der Waals surface area contributed by atoms with Gasteiger partial charge < -0.3 is 14.3 Å². The van der Waals surface area contributed by atoms with Crippen LogP contribution in [-0.4, -0.2) is 20.0 Å². The zero-order valence-electron chi connectivity index (χ0n) is 10.4. The fraction of sp³-hybridized carbons (Fsp3) is 0.182. The lowest BCUT2D eigenvalue weighted by atomic mass is 10.3. The van der Waals surface area contributed by atoms with E-state index in [2.05, 4.69) is 20.4 Å². The number of aryl methyl sites for hydroxylation is 1. The van der Waals surface area contributed by atoms with E-state index < -0.39 is 4.92 Å². The lowest BCUT2D eigenvalue weighted by molar-refractivity contribution is -0.383. The molecule has 0 saturated carbocycles. The molecule has 2 aromatic heterocycles. The van der Waals surface area contributed by atoms with Crippen molar-refractivity contribution in [2.45, 2.75) is 13.5 Å². The Hall–Kier alpha value is -2.97. The van der Waals surface area contributed by atoms with Crippen LogP contribution in [0.25, 0.3) is 11.1 Å². The highest BCUT2D eigenvalue weighted by molar-refractivity contribution is 5.83. The van der Waals surface area contributed by atoms with Crippen LogP contribution in [0, 0.1) is 17.0 Å². The molecule has 3 rings (SSSR count). The molecule has 20 heavy (non-hydrogen) atoms. The van der Waals surface area contributed by atoms with E-state index in [4.69, 9.17) is 8.94 Å². The Labute approximate surface area is 111 Å². The molecule has 3 aromatic rings. The molecule has 0 radical (unpaired) electrons. The van der Waals surface area contributed by atoms with E-state index in [0.29, 0.717) is 17.3 Å². The number of fused-ring (bicyclic) bond motifs is 1. The Morgan fingerprint density at radius 3 is 2.95 bits per heavy atom. The minimum absolute atomic E-state index is 0.102. The summed E-state index contributed by atoms with van der Waals surface area (Å²) >= 11 is 0. The van der Waals surface area contributed by atoms with Crippen LogP contribution in [0.1, 0.15) is 11.7 Å². The van der Waals surface area contributed by atoms with Gasteiger partial charge >= 0.3 is 0 Å². The number of oxazole rings is 1. The van der Waals surface area contributed by atoms with Crippen LogP contribution in [0.3, 0.4) is 0 Å². The van der Waals surface area contributed by atoms with Gasteiger partial charge in [-0.3, -0.25) is 10.1 Å². The van der Waals surface area contributed by atoms with Gasteiger partial charge in [-0.2, -0.15) is 9.97 Å². The van der Waals surface area contributed by atoms with Crippen LogP contribution in [-0.2, 0) is 6.54 Å². The third kappa shape index (κ3) is 2.16. The number of benzene rings is 1. The molecule has 0 unspecified atom stereocenters. The second-order valence-corrected chi connectivity index (χ2v) is 3.98. The molecule has 0 atom stereocenters. The van der Waals surface area contributed by atoms with Crippen molar-refractivity contribution in [3.63, 3.8) is 0 Å². The van der Waals surface area contributed by atoms with E-state index in [1.54, 1.807) is 13.0 Å². The molecule has 1 aromatic carbocycles. The molecular weight excluding hydrogens is 266 g/mol. The smallest absolute Gasteiger partial charge is 0.298 e. The maximum atomic E-state index is 10.9. The van der Waals surface area contributed by atoms with Crippen molar-refractivity contribution in [3.8, 4) is 0 Å². The van der Waals surface area contributed by atoms with Crippen molar-refractivity contribution < 1.29 is 13.9 Å².